The van der Waals surface area contributed by atoms with E-state index in [9.17, 15) is 14.9 Å². The Balaban J connectivity index is 1.31. The summed E-state index contributed by atoms with van der Waals surface area (Å²) in [6, 6.07) is 9.72. The average Bonchev–Trinajstić information content (AvgIpc) is 3.17. The molecule has 0 spiro atoms. The van der Waals surface area contributed by atoms with Crippen LogP contribution in [0.1, 0.15) is 56.0 Å². The van der Waals surface area contributed by atoms with Crippen molar-refractivity contribution < 1.29 is 14.1 Å². The van der Waals surface area contributed by atoms with E-state index in [1.807, 2.05) is 0 Å². The first-order valence-corrected chi connectivity index (χ1v) is 10.6. The topological polar surface area (TPSA) is 85.4 Å². The van der Waals surface area contributed by atoms with Crippen molar-refractivity contribution in [3.8, 4) is 11.3 Å². The predicted octanol–water partition coefficient (Wildman–Crippen LogP) is 5.19. The van der Waals surface area contributed by atoms with Gasteiger partial charge in [0.05, 0.1) is 4.92 Å². The highest BCUT2D eigenvalue weighted by atomic mass is 16.6. The first-order chi connectivity index (χ1) is 13.9. The molecule has 4 aliphatic rings. The molecule has 1 N–H and O–H groups in total. The Morgan fingerprint density at radius 3 is 2.41 bits per heavy atom. The van der Waals surface area contributed by atoms with Crippen LogP contribution < -0.4 is 5.32 Å². The standard InChI is InChI=1S/C23H26N2O4/c1-14(23-11-15-7-16(12-23)9-17(8-15)13-23)24-22(26)21-6-5-20(29-21)18-3-2-4-19(10-18)25(27)28/h2-6,10,14-17H,7-9,11-13H2,1H3,(H,24,26)/t14-,15?,16?,17?,23?/m1/s1. The molecule has 0 aliphatic heterocycles. The lowest BCUT2D eigenvalue weighted by Gasteiger charge is -2.59. The van der Waals surface area contributed by atoms with Crippen LogP contribution in [0, 0.1) is 33.3 Å². The molecule has 0 unspecified atom stereocenters. The molecule has 6 rings (SSSR count). The van der Waals surface area contributed by atoms with Crippen molar-refractivity contribution in [3.05, 3.63) is 52.3 Å². The van der Waals surface area contributed by atoms with E-state index in [-0.39, 0.29) is 28.8 Å². The molecule has 4 saturated carbocycles. The smallest absolute Gasteiger partial charge is 0.287 e. The second-order valence-corrected chi connectivity index (χ2v) is 9.45. The number of non-ortho nitro benzene ring substituents is 1. The molecule has 1 aromatic carbocycles. The van der Waals surface area contributed by atoms with Crippen molar-refractivity contribution in [2.45, 2.75) is 51.5 Å². The molecular weight excluding hydrogens is 368 g/mol. The fraction of sp³-hybridized carbons (Fsp3) is 0.522. The summed E-state index contributed by atoms with van der Waals surface area (Å²) in [5.41, 5.74) is 0.826. The molecular formula is C23H26N2O4. The lowest BCUT2D eigenvalue weighted by Crippen LogP contribution is -2.55. The Kier molecular flexibility index (Phi) is 4.26. The molecule has 1 aromatic heterocycles. The first-order valence-electron chi connectivity index (χ1n) is 10.6. The second kappa shape index (κ2) is 6.71. The first kappa shape index (κ1) is 18.4. The quantitative estimate of drug-likeness (QED) is 0.559. The van der Waals surface area contributed by atoms with Gasteiger partial charge in [0.15, 0.2) is 5.76 Å². The van der Waals surface area contributed by atoms with Crippen LogP contribution in [0.5, 0.6) is 0 Å². The zero-order chi connectivity index (χ0) is 20.2. The SMILES string of the molecule is C[C@@H](NC(=O)c1ccc(-c2cccc([N+](=O)[O-])c2)o1)C12CC3CC(CC(C3)C1)C2. The van der Waals surface area contributed by atoms with E-state index in [2.05, 4.69) is 12.2 Å². The van der Waals surface area contributed by atoms with Crippen molar-refractivity contribution in [1.29, 1.82) is 0 Å². The van der Waals surface area contributed by atoms with Crippen LogP contribution in [0.15, 0.2) is 40.8 Å². The number of hydrogen-bond donors (Lipinski definition) is 1. The third-order valence-electron chi connectivity index (χ3n) is 7.52. The zero-order valence-electron chi connectivity index (χ0n) is 16.6. The molecule has 29 heavy (non-hydrogen) atoms. The number of nitro benzene ring substituents is 1. The molecule has 1 amide bonds. The molecule has 6 nitrogen and oxygen atoms in total. The minimum Gasteiger partial charge on any atom is -0.451 e. The summed E-state index contributed by atoms with van der Waals surface area (Å²) in [5, 5.41) is 14.2. The molecule has 1 heterocycles. The van der Waals surface area contributed by atoms with E-state index in [1.165, 1.54) is 50.7 Å². The molecule has 4 fully saturated rings. The molecule has 6 heteroatoms. The molecule has 4 bridgehead atoms. The summed E-state index contributed by atoms with van der Waals surface area (Å²) in [5.74, 6) is 3.02. The summed E-state index contributed by atoms with van der Waals surface area (Å²) in [7, 11) is 0. The van der Waals surface area contributed by atoms with Crippen LogP contribution in [0.4, 0.5) is 5.69 Å². The molecule has 4 aliphatic carbocycles. The van der Waals surface area contributed by atoms with Gasteiger partial charge >= 0.3 is 0 Å². The Hall–Kier alpha value is -2.63. The number of furan rings is 1. The summed E-state index contributed by atoms with van der Waals surface area (Å²) in [6.07, 6.45) is 7.84. The molecule has 1 atom stereocenters. The van der Waals surface area contributed by atoms with Gasteiger partial charge in [-0.05, 0) is 80.8 Å². The van der Waals surface area contributed by atoms with Crippen molar-refractivity contribution in [2.24, 2.45) is 23.2 Å². The van der Waals surface area contributed by atoms with Gasteiger partial charge in [0.1, 0.15) is 5.76 Å². The Labute approximate surface area is 169 Å². The van der Waals surface area contributed by atoms with Crippen molar-refractivity contribution >= 4 is 11.6 Å². The highest BCUT2D eigenvalue weighted by Gasteiger charge is 2.53. The Bertz CT molecular complexity index is 928. The number of carbonyl (C=O) groups is 1. The predicted molar refractivity (Wildman–Crippen MR) is 108 cm³/mol. The van der Waals surface area contributed by atoms with E-state index >= 15 is 0 Å². The van der Waals surface area contributed by atoms with E-state index in [4.69, 9.17) is 4.42 Å². The van der Waals surface area contributed by atoms with Gasteiger partial charge in [-0.25, -0.2) is 0 Å². The summed E-state index contributed by atoms with van der Waals surface area (Å²) in [4.78, 5) is 23.4. The summed E-state index contributed by atoms with van der Waals surface area (Å²) in [6.45, 7) is 2.15. The fourth-order valence-electron chi connectivity index (χ4n) is 6.52. The van der Waals surface area contributed by atoms with Gasteiger partial charge in [-0.1, -0.05) is 12.1 Å². The Morgan fingerprint density at radius 1 is 1.14 bits per heavy atom. The lowest BCUT2D eigenvalue weighted by atomic mass is 9.48. The summed E-state index contributed by atoms with van der Waals surface area (Å²) >= 11 is 0. The van der Waals surface area contributed by atoms with E-state index in [1.54, 1.807) is 24.3 Å². The maximum Gasteiger partial charge on any atom is 0.287 e. The van der Waals surface area contributed by atoms with Gasteiger partial charge in [0.2, 0.25) is 0 Å². The minimum absolute atomic E-state index is 0.000315. The number of nitrogens with one attached hydrogen (secondary N) is 1. The normalized spacial score (nSPS) is 30.9. The number of carbonyl (C=O) groups excluding carboxylic acids is 1. The molecule has 0 saturated heterocycles. The van der Waals surface area contributed by atoms with Crippen molar-refractivity contribution in [3.63, 3.8) is 0 Å². The van der Waals surface area contributed by atoms with E-state index in [0.29, 0.717) is 11.3 Å². The molecule has 2 aromatic rings. The second-order valence-electron chi connectivity index (χ2n) is 9.45. The zero-order valence-corrected chi connectivity index (χ0v) is 16.6. The van der Waals surface area contributed by atoms with Gasteiger partial charge in [0.25, 0.3) is 11.6 Å². The van der Waals surface area contributed by atoms with E-state index < -0.39 is 4.92 Å². The lowest BCUT2D eigenvalue weighted by molar-refractivity contribution is -0.384. The van der Waals surface area contributed by atoms with Crippen LogP contribution in [-0.2, 0) is 0 Å². The average molecular weight is 394 g/mol. The maximum atomic E-state index is 12.9. The highest BCUT2D eigenvalue weighted by Crippen LogP contribution is 2.61. The highest BCUT2D eigenvalue weighted by molar-refractivity contribution is 5.92. The van der Waals surface area contributed by atoms with Gasteiger partial charge in [0, 0.05) is 23.7 Å². The third kappa shape index (κ3) is 3.24. The van der Waals surface area contributed by atoms with Crippen LogP contribution in [0.2, 0.25) is 0 Å². The van der Waals surface area contributed by atoms with Crippen LogP contribution in [0.25, 0.3) is 11.3 Å². The van der Waals surface area contributed by atoms with E-state index in [0.717, 1.165) is 17.8 Å². The van der Waals surface area contributed by atoms with Gasteiger partial charge in [-0.2, -0.15) is 0 Å². The van der Waals surface area contributed by atoms with Crippen LogP contribution >= 0.6 is 0 Å². The fourth-order valence-corrected chi connectivity index (χ4v) is 6.52. The van der Waals surface area contributed by atoms with Crippen molar-refractivity contribution in [1.82, 2.24) is 5.32 Å². The number of benzene rings is 1. The number of amides is 1. The minimum atomic E-state index is -0.437. The molecule has 152 valence electrons. The van der Waals surface area contributed by atoms with Gasteiger partial charge in [-0.15, -0.1) is 0 Å². The maximum absolute atomic E-state index is 12.9. The van der Waals surface area contributed by atoms with Crippen LogP contribution in [-0.4, -0.2) is 16.9 Å². The number of nitrogens with zero attached hydrogens (tertiary/aromatic N) is 1. The molecule has 0 radical (unpaired) electrons. The Morgan fingerprint density at radius 2 is 1.79 bits per heavy atom. The third-order valence-corrected chi connectivity index (χ3v) is 7.52. The monoisotopic (exact) mass is 394 g/mol. The van der Waals surface area contributed by atoms with Gasteiger partial charge < -0.3 is 9.73 Å². The van der Waals surface area contributed by atoms with Crippen molar-refractivity contribution in [2.75, 3.05) is 0 Å². The summed E-state index contributed by atoms with van der Waals surface area (Å²) < 4.78 is 5.75. The number of hydrogen-bond acceptors (Lipinski definition) is 4. The number of rotatable bonds is 5. The largest absolute Gasteiger partial charge is 0.451 e. The van der Waals surface area contributed by atoms with Crippen LogP contribution in [0.3, 0.4) is 0 Å². The van der Waals surface area contributed by atoms with Gasteiger partial charge in [-0.3, -0.25) is 14.9 Å². The number of nitro groups is 1.